The second-order valence-corrected chi connectivity index (χ2v) is 15.0. The van der Waals surface area contributed by atoms with E-state index in [-0.39, 0.29) is 40.9 Å². The molecule has 0 aromatic rings. The van der Waals surface area contributed by atoms with Crippen molar-refractivity contribution in [3.8, 4) is 6.07 Å². The Morgan fingerprint density at radius 2 is 1.83 bits per heavy atom. The zero-order valence-corrected chi connectivity index (χ0v) is 24.5. The van der Waals surface area contributed by atoms with Gasteiger partial charge >= 0.3 is 12.1 Å². The van der Waals surface area contributed by atoms with E-state index in [1.165, 1.54) is 4.90 Å². The number of nitrogens with zero attached hydrogens (tertiary/aromatic N) is 2. The van der Waals surface area contributed by atoms with E-state index in [1.54, 1.807) is 11.8 Å². The van der Waals surface area contributed by atoms with Crippen molar-refractivity contribution in [2.45, 2.75) is 106 Å². The molecule has 5 saturated carbocycles. The van der Waals surface area contributed by atoms with Crippen LogP contribution in [0.15, 0.2) is 0 Å². The Hall–Kier alpha value is -2.49. The van der Waals surface area contributed by atoms with Crippen molar-refractivity contribution in [1.82, 2.24) is 20.9 Å². The predicted molar refractivity (Wildman–Crippen MR) is 146 cm³/mol. The molecule has 2 unspecified atom stereocenters. The zero-order valence-electron chi connectivity index (χ0n) is 23.7. The maximum Gasteiger partial charge on any atom is 0.471 e. The van der Waals surface area contributed by atoms with Crippen LogP contribution in [0.1, 0.15) is 70.6 Å². The van der Waals surface area contributed by atoms with Crippen molar-refractivity contribution in [3.63, 3.8) is 0 Å². The number of rotatable bonds is 8. The topological polar surface area (TPSA) is 131 Å². The van der Waals surface area contributed by atoms with Crippen LogP contribution in [-0.2, 0) is 19.2 Å². The van der Waals surface area contributed by atoms with Gasteiger partial charge in [0.05, 0.1) is 6.07 Å². The molecule has 0 aromatic heterocycles. The van der Waals surface area contributed by atoms with Crippen molar-refractivity contribution >= 4 is 35.4 Å². The first kappa shape index (κ1) is 29.6. The minimum Gasteiger partial charge on any atom is -0.356 e. The van der Waals surface area contributed by atoms with Crippen molar-refractivity contribution in [1.29, 1.82) is 5.26 Å². The molecule has 9 nitrogen and oxygen atoms in total. The van der Waals surface area contributed by atoms with Gasteiger partial charge in [0, 0.05) is 28.7 Å². The molecule has 2 saturated heterocycles. The Balaban J connectivity index is 1.28. The van der Waals surface area contributed by atoms with Gasteiger partial charge in [0.1, 0.15) is 18.1 Å². The third-order valence-corrected chi connectivity index (χ3v) is 12.5. The lowest BCUT2D eigenvalue weighted by Gasteiger charge is -2.63. The number of alkyl halides is 3. The number of hydrogen-bond donors (Lipinski definition) is 3. The SMILES string of the molecule is CSC12CC3CC(C1)CC([C@H](NC(=O)C(F)(F)F)C(=O)N1[C@@H]4CC[C@@H](C4)[C@H]1C(=O)N[C@H](C#N)C[C@@H]1CCNC1=O)(C3)C2. The number of carbonyl (C=O) groups excluding carboxylic acids is 4. The van der Waals surface area contributed by atoms with Crippen molar-refractivity contribution in [3.05, 3.63) is 0 Å². The van der Waals surface area contributed by atoms with Crippen LogP contribution < -0.4 is 16.0 Å². The van der Waals surface area contributed by atoms with Gasteiger partial charge in [0.15, 0.2) is 0 Å². The number of amides is 4. The summed E-state index contributed by atoms with van der Waals surface area (Å²) in [4.78, 5) is 54.2. The lowest BCUT2D eigenvalue weighted by molar-refractivity contribution is -0.179. The van der Waals surface area contributed by atoms with Crippen LogP contribution in [0.2, 0.25) is 0 Å². The largest absolute Gasteiger partial charge is 0.471 e. The van der Waals surface area contributed by atoms with Gasteiger partial charge in [-0.25, -0.2) is 0 Å². The van der Waals surface area contributed by atoms with E-state index in [0.717, 1.165) is 19.3 Å². The lowest BCUT2D eigenvalue weighted by atomic mass is 9.47. The number of hydrogen-bond acceptors (Lipinski definition) is 6. The minimum atomic E-state index is -5.15. The van der Waals surface area contributed by atoms with Gasteiger partial charge in [-0.3, -0.25) is 19.2 Å². The number of nitrogens with one attached hydrogen (secondary N) is 3. The van der Waals surface area contributed by atoms with Crippen LogP contribution in [0.3, 0.4) is 0 Å². The van der Waals surface area contributed by atoms with Crippen LogP contribution in [-0.4, -0.2) is 76.4 Å². The molecule has 2 heterocycles. The molecule has 13 heteroatoms. The molecule has 42 heavy (non-hydrogen) atoms. The molecule has 2 aliphatic heterocycles. The summed E-state index contributed by atoms with van der Waals surface area (Å²) < 4.78 is 40.8. The highest BCUT2D eigenvalue weighted by atomic mass is 32.2. The molecular weight excluding hydrogens is 571 g/mol. The molecule has 3 N–H and O–H groups in total. The molecule has 4 amide bonds. The van der Waals surface area contributed by atoms with E-state index < -0.39 is 53.4 Å². The Morgan fingerprint density at radius 1 is 1.12 bits per heavy atom. The average molecular weight is 610 g/mol. The zero-order chi connectivity index (χ0) is 30.0. The molecule has 230 valence electrons. The Kier molecular flexibility index (Phi) is 7.46. The number of likely N-dealkylation sites (tertiary alicyclic amines) is 1. The molecule has 6 bridgehead atoms. The fourth-order valence-electron chi connectivity index (χ4n) is 9.86. The highest BCUT2D eigenvalue weighted by molar-refractivity contribution is 8.00. The van der Waals surface area contributed by atoms with E-state index in [9.17, 15) is 37.6 Å². The molecule has 0 spiro atoms. The summed E-state index contributed by atoms with van der Waals surface area (Å²) in [7, 11) is 0. The highest BCUT2D eigenvalue weighted by Gasteiger charge is 2.64. The monoisotopic (exact) mass is 609 g/mol. The maximum absolute atomic E-state index is 14.5. The van der Waals surface area contributed by atoms with Crippen LogP contribution in [0.5, 0.6) is 0 Å². The molecule has 0 aromatic carbocycles. The molecule has 8 atom stereocenters. The number of piperidine rings is 1. The number of halogens is 3. The van der Waals surface area contributed by atoms with Crippen molar-refractivity contribution in [2.75, 3.05) is 12.8 Å². The second kappa shape index (κ2) is 10.6. The van der Waals surface area contributed by atoms with E-state index in [2.05, 4.69) is 22.0 Å². The van der Waals surface area contributed by atoms with Gasteiger partial charge in [0.25, 0.3) is 0 Å². The normalized spacial score (nSPS) is 39.5. The number of fused-ring (bicyclic) bond motifs is 2. The first-order chi connectivity index (χ1) is 19.9. The fraction of sp³-hybridized carbons (Fsp3) is 0.828. The lowest BCUT2D eigenvalue weighted by Crippen LogP contribution is -2.68. The fourth-order valence-corrected chi connectivity index (χ4v) is 11.1. The summed E-state index contributed by atoms with van der Waals surface area (Å²) in [5.41, 5.74) is -0.807. The smallest absolute Gasteiger partial charge is 0.356 e. The standard InChI is InChI=1S/C29H38F3N5O4S/c1-42-28-11-15-6-16(12-28)10-27(9-15,14-28)22(36-26(41)29(30,31)32)25(40)37-20-3-2-17(8-20)21(37)24(39)35-19(13-33)7-18-4-5-34-23(18)38/h15-22H,2-12,14H2,1H3,(H,34,38)(H,35,39)(H,36,41)/t15?,16?,17-,18-,19-,20+,21-,22+,27?,28?/m0/s1. The Morgan fingerprint density at radius 3 is 2.43 bits per heavy atom. The first-order valence-corrected chi connectivity index (χ1v) is 16.3. The minimum absolute atomic E-state index is 0.126. The molecule has 5 aliphatic carbocycles. The van der Waals surface area contributed by atoms with Gasteiger partial charge in [-0.2, -0.15) is 30.2 Å². The molecular formula is C29H38F3N5O4S. The number of carbonyl (C=O) groups is 4. The molecule has 0 radical (unpaired) electrons. The first-order valence-electron chi connectivity index (χ1n) is 15.1. The Labute approximate surface area is 247 Å². The number of nitriles is 1. The highest BCUT2D eigenvalue weighted by Crippen LogP contribution is 2.66. The van der Waals surface area contributed by atoms with E-state index in [4.69, 9.17) is 0 Å². The summed E-state index contributed by atoms with van der Waals surface area (Å²) >= 11 is 1.72. The van der Waals surface area contributed by atoms with Crippen LogP contribution in [0.25, 0.3) is 0 Å². The summed E-state index contributed by atoms with van der Waals surface area (Å²) in [6.07, 6.45) is 4.12. The quantitative estimate of drug-likeness (QED) is 0.388. The van der Waals surface area contributed by atoms with Crippen LogP contribution in [0, 0.1) is 40.4 Å². The van der Waals surface area contributed by atoms with Crippen LogP contribution in [0.4, 0.5) is 13.2 Å². The van der Waals surface area contributed by atoms with Gasteiger partial charge in [-0.1, -0.05) is 0 Å². The molecule has 7 rings (SSSR count). The molecule has 7 fully saturated rings. The van der Waals surface area contributed by atoms with Crippen molar-refractivity contribution < 1.29 is 32.3 Å². The number of thioether (sulfide) groups is 1. The van der Waals surface area contributed by atoms with Gasteiger partial charge < -0.3 is 20.9 Å². The van der Waals surface area contributed by atoms with E-state index in [0.29, 0.717) is 51.5 Å². The summed E-state index contributed by atoms with van der Waals surface area (Å²) in [5, 5.41) is 17.4. The third-order valence-electron chi connectivity index (χ3n) is 11.1. The van der Waals surface area contributed by atoms with Gasteiger partial charge in [-0.15, -0.1) is 0 Å². The van der Waals surface area contributed by atoms with Gasteiger partial charge in [0.2, 0.25) is 17.7 Å². The molecule has 7 aliphatic rings. The third kappa shape index (κ3) is 5.05. The maximum atomic E-state index is 14.5. The summed E-state index contributed by atoms with van der Waals surface area (Å²) in [6, 6.07) is -1.51. The van der Waals surface area contributed by atoms with Crippen molar-refractivity contribution in [2.24, 2.45) is 29.1 Å². The van der Waals surface area contributed by atoms with Gasteiger partial charge in [-0.05, 0) is 94.6 Å². The van der Waals surface area contributed by atoms with E-state index >= 15 is 0 Å². The Bertz CT molecular complexity index is 1190. The predicted octanol–water partition coefficient (Wildman–Crippen LogP) is 2.65. The van der Waals surface area contributed by atoms with Crippen LogP contribution >= 0.6 is 11.8 Å². The van der Waals surface area contributed by atoms with E-state index in [1.807, 2.05) is 6.26 Å². The summed E-state index contributed by atoms with van der Waals surface area (Å²) in [6.45, 7) is 0.510. The average Bonchev–Trinajstić information content (AvgIpc) is 3.66. The summed E-state index contributed by atoms with van der Waals surface area (Å²) in [5.74, 6) is -3.42. The second-order valence-electron chi connectivity index (χ2n) is 13.7.